The van der Waals surface area contributed by atoms with Crippen molar-refractivity contribution in [2.75, 3.05) is 17.6 Å². The summed E-state index contributed by atoms with van der Waals surface area (Å²) in [6, 6.07) is 14.7. The van der Waals surface area contributed by atoms with Crippen molar-refractivity contribution >= 4 is 40.9 Å². The number of hydrogen-bond acceptors (Lipinski definition) is 3. The van der Waals surface area contributed by atoms with Crippen LogP contribution >= 0.6 is 23.4 Å². The number of anilines is 1. The lowest BCUT2D eigenvalue weighted by molar-refractivity contribution is -0.117. The zero-order valence-electron chi connectivity index (χ0n) is 14.5. The van der Waals surface area contributed by atoms with Gasteiger partial charge in [0.25, 0.3) is 5.91 Å². The quantitative estimate of drug-likeness (QED) is 0.544. The summed E-state index contributed by atoms with van der Waals surface area (Å²) in [7, 11) is 0. The molecule has 3 rings (SSSR count). The summed E-state index contributed by atoms with van der Waals surface area (Å²) < 4.78 is 0. The minimum absolute atomic E-state index is 0.0365. The third-order valence-electron chi connectivity index (χ3n) is 4.31. The van der Waals surface area contributed by atoms with E-state index in [1.807, 2.05) is 24.3 Å². The van der Waals surface area contributed by atoms with Gasteiger partial charge in [0, 0.05) is 39.4 Å². The van der Waals surface area contributed by atoms with Gasteiger partial charge >= 0.3 is 0 Å². The molecule has 2 atom stereocenters. The fraction of sp³-hybridized carbons (Fsp3) is 0.300. The number of halogens is 1. The molecule has 2 amide bonds. The largest absolute Gasteiger partial charge is 0.351 e. The zero-order chi connectivity index (χ0) is 18.5. The summed E-state index contributed by atoms with van der Waals surface area (Å²) in [5, 5.41) is 6.51. The van der Waals surface area contributed by atoms with Crippen LogP contribution in [0.2, 0.25) is 5.02 Å². The number of rotatable bonds is 7. The third kappa shape index (κ3) is 5.26. The first-order valence-corrected chi connectivity index (χ1v) is 9.97. The highest BCUT2D eigenvalue weighted by Crippen LogP contribution is 2.38. The molecule has 0 aliphatic heterocycles. The smallest absolute Gasteiger partial charge is 0.251 e. The summed E-state index contributed by atoms with van der Waals surface area (Å²) in [4.78, 5) is 25.4. The molecule has 2 unspecified atom stereocenters. The molecule has 1 fully saturated rings. The monoisotopic (exact) mass is 388 g/mol. The molecule has 6 heteroatoms. The summed E-state index contributed by atoms with van der Waals surface area (Å²) >= 11 is 7.52. The van der Waals surface area contributed by atoms with Crippen LogP contribution in [-0.4, -0.2) is 24.1 Å². The fourth-order valence-corrected chi connectivity index (χ4v) is 3.52. The number of thioether (sulfide) groups is 1. The Morgan fingerprint density at radius 3 is 2.62 bits per heavy atom. The molecule has 0 aromatic heterocycles. The van der Waals surface area contributed by atoms with Crippen molar-refractivity contribution in [2.24, 2.45) is 11.8 Å². The van der Waals surface area contributed by atoms with Crippen LogP contribution in [0.25, 0.3) is 0 Å². The van der Waals surface area contributed by atoms with E-state index in [4.69, 9.17) is 11.6 Å². The normalized spacial score (nSPS) is 18.2. The summed E-state index contributed by atoms with van der Waals surface area (Å²) in [6.45, 7) is 2.62. The second-order valence-electron chi connectivity index (χ2n) is 6.45. The van der Waals surface area contributed by atoms with Crippen LogP contribution < -0.4 is 10.6 Å². The lowest BCUT2D eigenvalue weighted by Gasteiger charge is -2.08. The van der Waals surface area contributed by atoms with E-state index >= 15 is 0 Å². The lowest BCUT2D eigenvalue weighted by atomic mass is 10.2. The predicted octanol–water partition coefficient (Wildman–Crippen LogP) is 4.46. The Labute approximate surface area is 162 Å². The van der Waals surface area contributed by atoms with E-state index in [1.165, 1.54) is 0 Å². The maximum Gasteiger partial charge on any atom is 0.251 e. The van der Waals surface area contributed by atoms with E-state index in [9.17, 15) is 9.59 Å². The van der Waals surface area contributed by atoms with Gasteiger partial charge < -0.3 is 10.6 Å². The number of amides is 2. The van der Waals surface area contributed by atoms with Crippen LogP contribution in [0.3, 0.4) is 0 Å². The third-order valence-corrected chi connectivity index (χ3v) is 5.57. The Hall–Kier alpha value is -1.98. The average molecular weight is 389 g/mol. The van der Waals surface area contributed by atoms with E-state index in [1.54, 1.807) is 36.0 Å². The van der Waals surface area contributed by atoms with Gasteiger partial charge in [-0.05, 0) is 54.8 Å². The van der Waals surface area contributed by atoms with Gasteiger partial charge in [-0.25, -0.2) is 0 Å². The van der Waals surface area contributed by atoms with Gasteiger partial charge in [-0.3, -0.25) is 9.59 Å². The zero-order valence-corrected chi connectivity index (χ0v) is 16.1. The van der Waals surface area contributed by atoms with E-state index in [0.717, 1.165) is 17.1 Å². The van der Waals surface area contributed by atoms with Gasteiger partial charge in [0.2, 0.25) is 5.91 Å². The average Bonchev–Trinajstić information content (AvgIpc) is 3.37. The lowest BCUT2D eigenvalue weighted by Crippen LogP contribution is -2.25. The van der Waals surface area contributed by atoms with Gasteiger partial charge in [-0.1, -0.05) is 24.6 Å². The van der Waals surface area contributed by atoms with E-state index in [2.05, 4.69) is 17.6 Å². The van der Waals surface area contributed by atoms with Crippen LogP contribution in [-0.2, 0) is 4.79 Å². The van der Waals surface area contributed by atoms with Gasteiger partial charge in [0.15, 0.2) is 0 Å². The number of nitrogens with one attached hydrogen (secondary N) is 2. The molecule has 2 aromatic rings. The van der Waals surface area contributed by atoms with Crippen molar-refractivity contribution in [3.05, 3.63) is 59.1 Å². The standard InChI is InChI=1S/C20H21ClN2O2S/c1-13-11-18(13)20(25)23-16-4-2-3-14(12-16)19(24)22-9-10-26-17-7-5-15(21)6-8-17/h2-8,12-13,18H,9-11H2,1H3,(H,22,24)(H,23,25). The first-order chi connectivity index (χ1) is 12.5. The molecular formula is C20H21ClN2O2S. The number of carbonyl (C=O) groups excluding carboxylic acids is 2. The summed E-state index contributed by atoms with van der Waals surface area (Å²) in [5.41, 5.74) is 1.21. The van der Waals surface area contributed by atoms with Crippen molar-refractivity contribution in [1.82, 2.24) is 5.32 Å². The molecule has 4 nitrogen and oxygen atoms in total. The van der Waals surface area contributed by atoms with E-state index in [-0.39, 0.29) is 17.7 Å². The van der Waals surface area contributed by atoms with Crippen LogP contribution in [0, 0.1) is 11.8 Å². The second-order valence-corrected chi connectivity index (χ2v) is 8.05. The van der Waals surface area contributed by atoms with Crippen molar-refractivity contribution < 1.29 is 9.59 Å². The molecule has 0 radical (unpaired) electrons. The fourth-order valence-electron chi connectivity index (χ4n) is 2.63. The molecule has 2 N–H and O–H groups in total. The van der Waals surface area contributed by atoms with Crippen molar-refractivity contribution in [3.63, 3.8) is 0 Å². The highest BCUT2D eigenvalue weighted by Gasteiger charge is 2.39. The Morgan fingerprint density at radius 1 is 1.19 bits per heavy atom. The van der Waals surface area contributed by atoms with Crippen LogP contribution in [0.5, 0.6) is 0 Å². The molecule has 26 heavy (non-hydrogen) atoms. The maximum absolute atomic E-state index is 12.3. The molecular weight excluding hydrogens is 368 g/mol. The predicted molar refractivity (Wildman–Crippen MR) is 107 cm³/mol. The molecule has 0 heterocycles. The van der Waals surface area contributed by atoms with E-state index in [0.29, 0.717) is 28.7 Å². The SMILES string of the molecule is CC1CC1C(=O)Nc1cccc(C(=O)NCCSc2ccc(Cl)cc2)c1. The Bertz CT molecular complexity index is 795. The highest BCUT2D eigenvalue weighted by atomic mass is 35.5. The number of carbonyl (C=O) groups is 2. The Kier molecular flexibility index (Phi) is 6.22. The van der Waals surface area contributed by atoms with Crippen molar-refractivity contribution in [1.29, 1.82) is 0 Å². The summed E-state index contributed by atoms with van der Waals surface area (Å²) in [5.74, 6) is 1.23. The topological polar surface area (TPSA) is 58.2 Å². The van der Waals surface area contributed by atoms with Crippen molar-refractivity contribution in [2.45, 2.75) is 18.2 Å². The minimum atomic E-state index is -0.141. The van der Waals surface area contributed by atoms with Gasteiger partial charge in [-0.2, -0.15) is 0 Å². The van der Waals surface area contributed by atoms with Crippen LogP contribution in [0.4, 0.5) is 5.69 Å². The van der Waals surface area contributed by atoms with Crippen LogP contribution in [0.15, 0.2) is 53.4 Å². The highest BCUT2D eigenvalue weighted by molar-refractivity contribution is 7.99. The number of hydrogen-bond donors (Lipinski definition) is 2. The van der Waals surface area contributed by atoms with Gasteiger partial charge in [0.1, 0.15) is 0 Å². The second kappa shape index (κ2) is 8.60. The first kappa shape index (κ1) is 18.8. The molecule has 136 valence electrons. The molecule has 0 saturated heterocycles. The van der Waals surface area contributed by atoms with Crippen LogP contribution in [0.1, 0.15) is 23.7 Å². The minimum Gasteiger partial charge on any atom is -0.351 e. The molecule has 1 aliphatic carbocycles. The van der Waals surface area contributed by atoms with Gasteiger partial charge in [0.05, 0.1) is 0 Å². The number of benzene rings is 2. The van der Waals surface area contributed by atoms with Gasteiger partial charge in [-0.15, -0.1) is 11.8 Å². The van der Waals surface area contributed by atoms with Crippen molar-refractivity contribution in [3.8, 4) is 0 Å². The molecule has 1 saturated carbocycles. The Balaban J connectivity index is 1.46. The van der Waals surface area contributed by atoms with E-state index < -0.39 is 0 Å². The summed E-state index contributed by atoms with van der Waals surface area (Å²) in [6.07, 6.45) is 0.942. The Morgan fingerprint density at radius 2 is 1.92 bits per heavy atom. The maximum atomic E-state index is 12.3. The first-order valence-electron chi connectivity index (χ1n) is 8.60. The molecule has 0 bridgehead atoms. The molecule has 2 aromatic carbocycles. The molecule has 0 spiro atoms. The molecule has 1 aliphatic rings.